The number of hydrogen-bond donors (Lipinski definition) is 1. The maximum absolute atomic E-state index is 13.1. The van der Waals surface area contributed by atoms with Crippen LogP contribution >= 0.6 is 11.6 Å². The fourth-order valence-corrected chi connectivity index (χ4v) is 5.45. The first-order chi connectivity index (χ1) is 10.8. The number of sulfonamides is 1. The maximum atomic E-state index is 13.1. The topological polar surface area (TPSA) is 66.5 Å². The molecule has 0 saturated carbocycles. The predicted molar refractivity (Wildman–Crippen MR) is 85.4 cm³/mol. The third-order valence-electron chi connectivity index (χ3n) is 4.56. The van der Waals surface area contributed by atoms with E-state index in [9.17, 15) is 17.6 Å². The summed E-state index contributed by atoms with van der Waals surface area (Å²) < 4.78 is 38.4. The van der Waals surface area contributed by atoms with Gasteiger partial charge in [0.2, 0.25) is 10.0 Å². The van der Waals surface area contributed by atoms with Crippen molar-refractivity contribution in [3.8, 4) is 0 Å². The van der Waals surface area contributed by atoms with Gasteiger partial charge in [-0.2, -0.15) is 4.31 Å². The van der Waals surface area contributed by atoms with Gasteiger partial charge in [0.25, 0.3) is 5.91 Å². The van der Waals surface area contributed by atoms with Gasteiger partial charge in [-0.15, -0.1) is 0 Å². The fourth-order valence-electron chi connectivity index (χ4n) is 3.73. The molecule has 0 aromatic heterocycles. The van der Waals surface area contributed by atoms with Crippen molar-refractivity contribution < 1.29 is 17.6 Å². The molecule has 1 aromatic carbocycles. The highest BCUT2D eigenvalue weighted by Gasteiger charge is 2.45. The van der Waals surface area contributed by atoms with Crippen LogP contribution in [0.3, 0.4) is 0 Å². The monoisotopic (exact) mass is 360 g/mol. The summed E-state index contributed by atoms with van der Waals surface area (Å²) in [5.41, 5.74) is 0.228. The molecule has 2 bridgehead atoms. The van der Waals surface area contributed by atoms with Gasteiger partial charge in [-0.3, -0.25) is 4.79 Å². The average Bonchev–Trinajstić information content (AvgIpc) is 2.71. The van der Waals surface area contributed by atoms with Gasteiger partial charge in [0, 0.05) is 18.1 Å². The van der Waals surface area contributed by atoms with Crippen LogP contribution in [0.15, 0.2) is 18.2 Å². The first kappa shape index (κ1) is 16.7. The van der Waals surface area contributed by atoms with Gasteiger partial charge in [0.1, 0.15) is 5.82 Å². The van der Waals surface area contributed by atoms with Crippen molar-refractivity contribution in [1.29, 1.82) is 0 Å². The zero-order valence-electron chi connectivity index (χ0n) is 12.6. The zero-order chi connectivity index (χ0) is 16.8. The number of nitrogens with zero attached hydrogens (tertiary/aromatic N) is 1. The molecule has 2 aliphatic heterocycles. The van der Waals surface area contributed by atoms with Crippen LogP contribution in [0.2, 0.25) is 5.02 Å². The minimum atomic E-state index is -3.22. The first-order valence-corrected chi connectivity index (χ1v) is 9.73. The molecule has 0 radical (unpaired) electrons. The molecule has 3 rings (SSSR count). The summed E-state index contributed by atoms with van der Waals surface area (Å²) in [5, 5.41) is 2.97. The molecule has 126 valence electrons. The highest BCUT2D eigenvalue weighted by atomic mass is 35.5. The second-order valence-corrected chi connectivity index (χ2v) is 8.54. The van der Waals surface area contributed by atoms with Crippen LogP contribution in [-0.4, -0.2) is 43.0 Å². The SMILES string of the molecule is CS(=O)(=O)N1C2CCC1CC(NC(=O)c1ccc(F)cc1Cl)C2. The number of nitrogens with one attached hydrogen (secondary N) is 1. The van der Waals surface area contributed by atoms with E-state index in [1.54, 1.807) is 4.31 Å². The lowest BCUT2D eigenvalue weighted by atomic mass is 9.99. The molecule has 1 amide bonds. The van der Waals surface area contributed by atoms with Gasteiger partial charge < -0.3 is 5.32 Å². The molecule has 2 fully saturated rings. The van der Waals surface area contributed by atoms with E-state index in [0.717, 1.165) is 18.9 Å². The van der Waals surface area contributed by atoms with Crippen LogP contribution in [0.1, 0.15) is 36.0 Å². The Hall–Kier alpha value is -1.18. The van der Waals surface area contributed by atoms with Crippen molar-refractivity contribution in [3.05, 3.63) is 34.6 Å². The van der Waals surface area contributed by atoms with Crippen molar-refractivity contribution in [2.24, 2.45) is 0 Å². The molecule has 23 heavy (non-hydrogen) atoms. The van der Waals surface area contributed by atoms with E-state index >= 15 is 0 Å². The zero-order valence-corrected chi connectivity index (χ0v) is 14.2. The number of hydrogen-bond acceptors (Lipinski definition) is 3. The molecular weight excluding hydrogens is 343 g/mol. The van der Waals surface area contributed by atoms with Crippen LogP contribution < -0.4 is 5.32 Å². The normalized spacial score (nSPS) is 27.9. The highest BCUT2D eigenvalue weighted by molar-refractivity contribution is 7.88. The molecule has 1 N–H and O–H groups in total. The largest absolute Gasteiger partial charge is 0.349 e. The Morgan fingerprint density at radius 1 is 1.30 bits per heavy atom. The highest BCUT2D eigenvalue weighted by Crippen LogP contribution is 2.37. The summed E-state index contributed by atoms with van der Waals surface area (Å²) >= 11 is 5.91. The number of piperidine rings is 1. The summed E-state index contributed by atoms with van der Waals surface area (Å²) in [4.78, 5) is 12.3. The van der Waals surface area contributed by atoms with Crippen molar-refractivity contribution >= 4 is 27.5 Å². The van der Waals surface area contributed by atoms with E-state index in [4.69, 9.17) is 11.6 Å². The lowest BCUT2D eigenvalue weighted by Crippen LogP contribution is -2.52. The van der Waals surface area contributed by atoms with E-state index < -0.39 is 15.8 Å². The third-order valence-corrected chi connectivity index (χ3v) is 6.23. The number of halogens is 2. The molecule has 0 spiro atoms. The second-order valence-electron chi connectivity index (χ2n) is 6.24. The van der Waals surface area contributed by atoms with Gasteiger partial charge >= 0.3 is 0 Å². The molecule has 2 heterocycles. The van der Waals surface area contributed by atoms with Crippen LogP contribution in [-0.2, 0) is 10.0 Å². The third kappa shape index (κ3) is 3.36. The maximum Gasteiger partial charge on any atom is 0.253 e. The van der Waals surface area contributed by atoms with E-state index in [-0.39, 0.29) is 34.6 Å². The number of benzene rings is 1. The van der Waals surface area contributed by atoms with E-state index in [1.165, 1.54) is 18.4 Å². The Morgan fingerprint density at radius 2 is 1.91 bits per heavy atom. The number of carbonyl (C=O) groups is 1. The molecule has 0 aliphatic carbocycles. The molecule has 5 nitrogen and oxygen atoms in total. The molecule has 1 aromatic rings. The smallest absolute Gasteiger partial charge is 0.253 e. The van der Waals surface area contributed by atoms with Gasteiger partial charge in [-0.1, -0.05) is 11.6 Å². The second kappa shape index (κ2) is 6.03. The van der Waals surface area contributed by atoms with Gasteiger partial charge in [-0.25, -0.2) is 12.8 Å². The summed E-state index contributed by atoms with van der Waals surface area (Å²) in [6.07, 6.45) is 4.06. The van der Waals surface area contributed by atoms with Crippen LogP contribution in [0, 0.1) is 5.82 Å². The lowest BCUT2D eigenvalue weighted by molar-refractivity contribution is 0.0909. The van der Waals surface area contributed by atoms with Crippen molar-refractivity contribution in [1.82, 2.24) is 9.62 Å². The number of rotatable bonds is 3. The van der Waals surface area contributed by atoms with Crippen LogP contribution in [0.25, 0.3) is 0 Å². The van der Waals surface area contributed by atoms with E-state index in [1.807, 2.05) is 0 Å². The molecule has 2 saturated heterocycles. The minimum Gasteiger partial charge on any atom is -0.349 e. The molecule has 2 unspecified atom stereocenters. The number of carbonyl (C=O) groups excluding carboxylic acids is 1. The van der Waals surface area contributed by atoms with Crippen LogP contribution in [0.4, 0.5) is 4.39 Å². The summed E-state index contributed by atoms with van der Waals surface area (Å²) in [7, 11) is -3.22. The Labute approximate surface area is 139 Å². The lowest BCUT2D eigenvalue weighted by Gasteiger charge is -2.37. The van der Waals surface area contributed by atoms with Crippen molar-refractivity contribution in [3.63, 3.8) is 0 Å². The first-order valence-electron chi connectivity index (χ1n) is 7.50. The number of fused-ring (bicyclic) bond motifs is 2. The van der Waals surface area contributed by atoms with Crippen LogP contribution in [0.5, 0.6) is 0 Å². The number of amides is 1. The van der Waals surface area contributed by atoms with Crippen molar-refractivity contribution in [2.75, 3.05) is 6.26 Å². The summed E-state index contributed by atoms with van der Waals surface area (Å²) in [6, 6.07) is 3.44. The molecular formula is C15H18ClFN2O3S. The Kier molecular flexibility index (Phi) is 4.37. The standard InChI is InChI=1S/C15H18ClFN2O3S/c1-23(21,22)19-11-3-4-12(19)8-10(7-11)18-15(20)13-5-2-9(17)6-14(13)16/h2,5-6,10-12H,3-4,7-8H2,1H3,(H,18,20). The van der Waals surface area contributed by atoms with Gasteiger partial charge in [0.05, 0.1) is 16.8 Å². The minimum absolute atomic E-state index is 0.0576. The summed E-state index contributed by atoms with van der Waals surface area (Å²) in [6.45, 7) is 0. The van der Waals surface area contributed by atoms with Gasteiger partial charge in [-0.05, 0) is 43.9 Å². The van der Waals surface area contributed by atoms with Gasteiger partial charge in [0.15, 0.2) is 0 Å². The Morgan fingerprint density at radius 3 is 2.43 bits per heavy atom. The molecule has 8 heteroatoms. The fraction of sp³-hybridized carbons (Fsp3) is 0.533. The average molecular weight is 361 g/mol. The van der Waals surface area contributed by atoms with E-state index in [0.29, 0.717) is 12.8 Å². The Balaban J connectivity index is 1.70. The summed E-state index contributed by atoms with van der Waals surface area (Å²) in [5.74, 6) is -0.849. The predicted octanol–water partition coefficient (Wildman–Crippen LogP) is 2.16. The Bertz CT molecular complexity index is 726. The van der Waals surface area contributed by atoms with E-state index in [2.05, 4.69) is 5.32 Å². The van der Waals surface area contributed by atoms with Crippen molar-refractivity contribution in [2.45, 2.75) is 43.8 Å². The quantitative estimate of drug-likeness (QED) is 0.898. The molecule has 2 aliphatic rings. The molecule has 2 atom stereocenters.